The molecule has 0 bridgehead atoms. The normalized spacial score (nSPS) is 10.8. The first kappa shape index (κ1) is 19.9. The van der Waals surface area contributed by atoms with E-state index in [9.17, 15) is 4.79 Å². The van der Waals surface area contributed by atoms with Crippen LogP contribution in [-0.2, 0) is 6.42 Å². The number of carbonyl (C=O) groups is 1. The topological polar surface area (TPSA) is 59.8 Å². The van der Waals surface area contributed by atoms with E-state index in [-0.39, 0.29) is 11.7 Å². The number of aryl methyl sites for hydroxylation is 2. The van der Waals surface area contributed by atoms with E-state index in [0.717, 1.165) is 23.2 Å². The second kappa shape index (κ2) is 8.51. The van der Waals surface area contributed by atoms with E-state index in [4.69, 9.17) is 11.6 Å². The Morgan fingerprint density at radius 2 is 1.77 bits per heavy atom. The minimum atomic E-state index is -0.360. The summed E-state index contributed by atoms with van der Waals surface area (Å²) in [4.78, 5) is 17.4. The fourth-order valence-corrected chi connectivity index (χ4v) is 3.27. The molecule has 30 heavy (non-hydrogen) atoms. The summed E-state index contributed by atoms with van der Waals surface area (Å²) < 4.78 is 1.69. The molecular formula is C24H21ClN4O. The predicted octanol–water partition coefficient (Wildman–Crippen LogP) is 5.71. The molecule has 0 atom stereocenters. The molecule has 150 valence electrons. The number of nitrogens with one attached hydrogen (secondary N) is 1. The summed E-state index contributed by atoms with van der Waals surface area (Å²) in [5, 5.41) is 8.02. The van der Waals surface area contributed by atoms with Crippen molar-refractivity contribution in [2.45, 2.75) is 20.3 Å². The summed E-state index contributed by atoms with van der Waals surface area (Å²) in [7, 11) is 0. The van der Waals surface area contributed by atoms with Crippen LogP contribution < -0.4 is 5.32 Å². The van der Waals surface area contributed by atoms with Crippen LogP contribution >= 0.6 is 11.6 Å². The summed E-state index contributed by atoms with van der Waals surface area (Å²) in [6.07, 6.45) is 0.946. The van der Waals surface area contributed by atoms with Gasteiger partial charge in [0.1, 0.15) is 0 Å². The largest absolute Gasteiger partial charge is 0.319 e. The van der Waals surface area contributed by atoms with Gasteiger partial charge in [0.05, 0.1) is 5.69 Å². The molecule has 6 heteroatoms. The molecule has 0 saturated heterocycles. The number of anilines is 1. The molecule has 0 unspecified atom stereocenters. The van der Waals surface area contributed by atoms with E-state index >= 15 is 0 Å². The van der Waals surface area contributed by atoms with Gasteiger partial charge in [0.2, 0.25) is 5.82 Å². The molecule has 4 rings (SSSR count). The van der Waals surface area contributed by atoms with Crippen LogP contribution in [0.2, 0.25) is 5.02 Å². The lowest BCUT2D eigenvalue weighted by atomic mass is 10.1. The van der Waals surface area contributed by atoms with Crippen LogP contribution in [0.15, 0.2) is 72.8 Å². The SMILES string of the molecule is CCc1ccc(NC(=O)c2nc(-c3ccc(Cl)cc3)n(-c3cccc(C)c3)n2)cc1. The smallest absolute Gasteiger partial charge is 0.295 e. The van der Waals surface area contributed by atoms with Gasteiger partial charge in [0.15, 0.2) is 5.82 Å². The first-order valence-electron chi connectivity index (χ1n) is 9.74. The average molecular weight is 417 g/mol. The van der Waals surface area contributed by atoms with Crippen LogP contribution in [0, 0.1) is 6.92 Å². The molecule has 3 aromatic carbocycles. The van der Waals surface area contributed by atoms with E-state index in [2.05, 4.69) is 22.3 Å². The third-order valence-electron chi connectivity index (χ3n) is 4.78. The van der Waals surface area contributed by atoms with E-state index in [0.29, 0.717) is 16.5 Å². The van der Waals surface area contributed by atoms with Crippen LogP contribution in [0.4, 0.5) is 5.69 Å². The maximum absolute atomic E-state index is 12.8. The molecule has 0 radical (unpaired) electrons. The third-order valence-corrected chi connectivity index (χ3v) is 5.03. The van der Waals surface area contributed by atoms with Crippen LogP contribution in [0.5, 0.6) is 0 Å². The van der Waals surface area contributed by atoms with Gasteiger partial charge in [-0.25, -0.2) is 9.67 Å². The molecule has 0 aliphatic heterocycles. The van der Waals surface area contributed by atoms with Gasteiger partial charge in [0.25, 0.3) is 5.91 Å². The van der Waals surface area contributed by atoms with Gasteiger partial charge in [-0.15, -0.1) is 5.10 Å². The number of rotatable bonds is 5. The predicted molar refractivity (Wildman–Crippen MR) is 120 cm³/mol. The lowest BCUT2D eigenvalue weighted by molar-refractivity contribution is 0.101. The Morgan fingerprint density at radius 1 is 1.03 bits per heavy atom. The Kier molecular flexibility index (Phi) is 5.63. The molecule has 1 amide bonds. The highest BCUT2D eigenvalue weighted by Crippen LogP contribution is 2.24. The molecule has 1 N–H and O–H groups in total. The molecule has 0 aliphatic carbocycles. The Morgan fingerprint density at radius 3 is 2.43 bits per heavy atom. The van der Waals surface area contributed by atoms with Crippen LogP contribution in [0.1, 0.15) is 28.7 Å². The van der Waals surface area contributed by atoms with Crippen molar-refractivity contribution in [2.24, 2.45) is 0 Å². The second-order valence-corrected chi connectivity index (χ2v) is 7.46. The summed E-state index contributed by atoms with van der Waals surface area (Å²) in [5.41, 5.74) is 4.66. The Balaban J connectivity index is 1.72. The van der Waals surface area contributed by atoms with Crippen molar-refractivity contribution >= 4 is 23.2 Å². The van der Waals surface area contributed by atoms with Gasteiger partial charge in [-0.05, 0) is 73.0 Å². The van der Waals surface area contributed by atoms with Crippen molar-refractivity contribution in [2.75, 3.05) is 5.32 Å². The van der Waals surface area contributed by atoms with Crippen molar-refractivity contribution in [1.82, 2.24) is 14.8 Å². The number of hydrogen-bond acceptors (Lipinski definition) is 3. The minimum Gasteiger partial charge on any atom is -0.319 e. The third kappa shape index (κ3) is 4.26. The van der Waals surface area contributed by atoms with Crippen LogP contribution in [0.25, 0.3) is 17.1 Å². The summed E-state index contributed by atoms with van der Waals surface area (Å²) in [6, 6.07) is 23.0. The second-order valence-electron chi connectivity index (χ2n) is 7.02. The molecule has 0 fully saturated rings. The van der Waals surface area contributed by atoms with Gasteiger partial charge >= 0.3 is 0 Å². The van der Waals surface area contributed by atoms with E-state index in [1.807, 2.05) is 67.6 Å². The standard InChI is InChI=1S/C24H21ClN4O/c1-3-17-7-13-20(14-8-17)26-24(30)22-27-23(18-9-11-19(25)12-10-18)29(28-22)21-6-4-5-16(2)15-21/h4-15H,3H2,1-2H3,(H,26,30). The van der Waals surface area contributed by atoms with Gasteiger partial charge in [0, 0.05) is 16.3 Å². The molecule has 5 nitrogen and oxygen atoms in total. The maximum Gasteiger partial charge on any atom is 0.295 e. The zero-order valence-electron chi connectivity index (χ0n) is 16.8. The Hall–Kier alpha value is -3.44. The molecule has 1 aromatic heterocycles. The fourth-order valence-electron chi connectivity index (χ4n) is 3.14. The van der Waals surface area contributed by atoms with E-state index in [1.165, 1.54) is 5.56 Å². The monoisotopic (exact) mass is 416 g/mol. The highest BCUT2D eigenvalue weighted by atomic mass is 35.5. The Labute approximate surface area is 180 Å². The van der Waals surface area contributed by atoms with Crippen molar-refractivity contribution in [3.63, 3.8) is 0 Å². The zero-order chi connectivity index (χ0) is 21.1. The first-order valence-corrected chi connectivity index (χ1v) is 10.1. The summed E-state index contributed by atoms with van der Waals surface area (Å²) in [6.45, 7) is 4.10. The Bertz CT molecular complexity index is 1180. The van der Waals surface area contributed by atoms with Gasteiger partial charge in [-0.3, -0.25) is 4.79 Å². The highest BCUT2D eigenvalue weighted by Gasteiger charge is 2.19. The summed E-state index contributed by atoms with van der Waals surface area (Å²) in [5.74, 6) is 0.311. The molecule has 1 heterocycles. The quantitative estimate of drug-likeness (QED) is 0.453. The van der Waals surface area contributed by atoms with Crippen molar-refractivity contribution < 1.29 is 4.79 Å². The van der Waals surface area contributed by atoms with Crippen LogP contribution in [0.3, 0.4) is 0 Å². The number of benzene rings is 3. The zero-order valence-corrected chi connectivity index (χ0v) is 17.5. The molecule has 0 aliphatic rings. The number of nitrogens with zero attached hydrogens (tertiary/aromatic N) is 3. The van der Waals surface area contributed by atoms with Crippen molar-refractivity contribution in [3.8, 4) is 17.1 Å². The average Bonchev–Trinajstić information content (AvgIpc) is 3.20. The molecule has 0 saturated carbocycles. The lowest BCUT2D eigenvalue weighted by Crippen LogP contribution is -2.14. The van der Waals surface area contributed by atoms with Gasteiger partial charge in [-0.1, -0.05) is 42.8 Å². The number of aromatic nitrogens is 3. The maximum atomic E-state index is 12.8. The number of halogens is 1. The molecule has 0 spiro atoms. The first-order chi connectivity index (χ1) is 14.5. The lowest BCUT2D eigenvalue weighted by Gasteiger charge is -2.07. The number of hydrogen-bond donors (Lipinski definition) is 1. The van der Waals surface area contributed by atoms with Gasteiger partial charge in [-0.2, -0.15) is 0 Å². The van der Waals surface area contributed by atoms with Crippen molar-refractivity contribution in [3.05, 3.63) is 94.8 Å². The van der Waals surface area contributed by atoms with Crippen molar-refractivity contribution in [1.29, 1.82) is 0 Å². The van der Waals surface area contributed by atoms with Crippen LogP contribution in [-0.4, -0.2) is 20.7 Å². The fraction of sp³-hybridized carbons (Fsp3) is 0.125. The number of carbonyl (C=O) groups excluding carboxylic acids is 1. The van der Waals surface area contributed by atoms with Gasteiger partial charge < -0.3 is 5.32 Å². The summed E-state index contributed by atoms with van der Waals surface area (Å²) >= 11 is 6.04. The number of amides is 1. The highest BCUT2D eigenvalue weighted by molar-refractivity contribution is 6.30. The molecule has 4 aromatic rings. The van der Waals surface area contributed by atoms with E-state index in [1.54, 1.807) is 16.8 Å². The minimum absolute atomic E-state index is 0.0982. The van der Waals surface area contributed by atoms with E-state index < -0.39 is 0 Å². The molecular weight excluding hydrogens is 396 g/mol.